The molecule has 7 heteroatoms. The summed E-state index contributed by atoms with van der Waals surface area (Å²) in [6.45, 7) is 4.30. The Kier molecular flexibility index (Phi) is 4.35. The van der Waals surface area contributed by atoms with Crippen LogP contribution in [-0.4, -0.2) is 55.0 Å². The fourth-order valence-electron chi connectivity index (χ4n) is 3.01. The fourth-order valence-corrected chi connectivity index (χ4v) is 3.01. The summed E-state index contributed by atoms with van der Waals surface area (Å²) in [5.74, 6) is 0. The summed E-state index contributed by atoms with van der Waals surface area (Å²) in [7, 11) is 0. The number of benzene rings is 1. The van der Waals surface area contributed by atoms with Crippen LogP contribution in [0.25, 0.3) is 5.69 Å². The van der Waals surface area contributed by atoms with E-state index in [2.05, 4.69) is 44.2 Å². The van der Waals surface area contributed by atoms with Gasteiger partial charge in [-0.3, -0.25) is 9.58 Å². The van der Waals surface area contributed by atoms with Gasteiger partial charge in [0, 0.05) is 37.7 Å². The molecule has 124 valence electrons. The van der Waals surface area contributed by atoms with Gasteiger partial charge in [-0.25, -0.2) is 9.97 Å². The molecule has 0 unspecified atom stereocenters. The van der Waals surface area contributed by atoms with Crippen molar-refractivity contribution in [1.82, 2.24) is 29.2 Å². The van der Waals surface area contributed by atoms with Crippen molar-refractivity contribution in [2.24, 2.45) is 0 Å². The second-order valence-corrected chi connectivity index (χ2v) is 5.98. The normalized spacial score (nSPS) is 18.8. The summed E-state index contributed by atoms with van der Waals surface area (Å²) in [6, 6.07) is 8.61. The Balaban J connectivity index is 1.36. The second-order valence-electron chi connectivity index (χ2n) is 5.98. The van der Waals surface area contributed by atoms with Crippen LogP contribution in [0.5, 0.6) is 0 Å². The first kappa shape index (κ1) is 15.0. The minimum Gasteiger partial charge on any atom is -0.374 e. The molecule has 0 bridgehead atoms. The molecule has 0 N–H and O–H groups in total. The van der Waals surface area contributed by atoms with Gasteiger partial charge in [0.05, 0.1) is 25.6 Å². The van der Waals surface area contributed by atoms with Crippen LogP contribution in [0.15, 0.2) is 55.6 Å². The van der Waals surface area contributed by atoms with E-state index in [-0.39, 0.29) is 6.10 Å². The average Bonchev–Trinajstić information content (AvgIpc) is 3.29. The van der Waals surface area contributed by atoms with Gasteiger partial charge in [-0.05, 0) is 17.7 Å². The first-order valence-electron chi connectivity index (χ1n) is 8.10. The third-order valence-electron chi connectivity index (χ3n) is 4.23. The van der Waals surface area contributed by atoms with Gasteiger partial charge in [0.25, 0.3) is 0 Å². The molecule has 0 amide bonds. The van der Waals surface area contributed by atoms with Gasteiger partial charge in [0.1, 0.15) is 12.7 Å². The summed E-state index contributed by atoms with van der Waals surface area (Å²) in [6.07, 6.45) is 9.00. The van der Waals surface area contributed by atoms with Gasteiger partial charge in [-0.1, -0.05) is 12.1 Å². The van der Waals surface area contributed by atoms with Crippen molar-refractivity contribution in [2.45, 2.75) is 19.2 Å². The Morgan fingerprint density at radius 2 is 2.04 bits per heavy atom. The molecule has 1 aliphatic rings. The first-order valence-corrected chi connectivity index (χ1v) is 8.10. The Bertz CT molecular complexity index is 738. The molecule has 0 radical (unpaired) electrons. The zero-order chi connectivity index (χ0) is 16.2. The molecule has 1 saturated heterocycles. The number of morpholine rings is 1. The van der Waals surface area contributed by atoms with E-state index in [9.17, 15) is 0 Å². The predicted molar refractivity (Wildman–Crippen MR) is 88.6 cm³/mol. The average molecular weight is 324 g/mol. The number of rotatable bonds is 5. The van der Waals surface area contributed by atoms with Crippen molar-refractivity contribution < 1.29 is 4.74 Å². The number of nitrogens with zero attached hydrogens (tertiary/aromatic N) is 6. The lowest BCUT2D eigenvalue weighted by Crippen LogP contribution is -2.43. The summed E-state index contributed by atoms with van der Waals surface area (Å²) in [5.41, 5.74) is 2.43. The topological polar surface area (TPSA) is 61.0 Å². The third kappa shape index (κ3) is 3.52. The smallest absolute Gasteiger partial charge is 0.137 e. The van der Waals surface area contributed by atoms with Gasteiger partial charge in [-0.2, -0.15) is 5.10 Å². The summed E-state index contributed by atoms with van der Waals surface area (Å²) in [4.78, 5) is 10.5. The Morgan fingerprint density at radius 1 is 1.12 bits per heavy atom. The molecular weight excluding hydrogens is 304 g/mol. The van der Waals surface area contributed by atoms with E-state index in [1.807, 2.05) is 21.8 Å². The van der Waals surface area contributed by atoms with Crippen LogP contribution in [0.3, 0.4) is 0 Å². The largest absolute Gasteiger partial charge is 0.374 e. The van der Waals surface area contributed by atoms with Crippen molar-refractivity contribution in [3.8, 4) is 5.69 Å². The lowest BCUT2D eigenvalue weighted by molar-refractivity contribution is -0.0402. The molecular formula is C17H20N6O. The van der Waals surface area contributed by atoms with E-state index in [4.69, 9.17) is 4.74 Å². The molecule has 1 atom stereocenters. The standard InChI is InChI=1S/C17H20N6O/c1-3-16(22-6-5-18-13-22)4-2-15(1)9-21-7-8-24-17(10-21)11-23-14-19-12-20-23/h1-6,12-14,17H,7-11H2/t17-/m1/s1. The SMILES string of the molecule is c1cn(-c2ccc(CN3CCO[C@@H](Cn4cncn4)C3)cc2)cn1. The molecule has 0 saturated carbocycles. The second kappa shape index (κ2) is 6.94. The highest BCUT2D eigenvalue weighted by Crippen LogP contribution is 2.14. The van der Waals surface area contributed by atoms with Gasteiger partial charge < -0.3 is 9.30 Å². The van der Waals surface area contributed by atoms with Gasteiger partial charge in [0.2, 0.25) is 0 Å². The van der Waals surface area contributed by atoms with Crippen LogP contribution in [-0.2, 0) is 17.8 Å². The van der Waals surface area contributed by atoms with Crippen molar-refractivity contribution in [3.05, 3.63) is 61.2 Å². The van der Waals surface area contributed by atoms with Crippen LogP contribution in [0.4, 0.5) is 0 Å². The molecule has 1 aromatic carbocycles. The number of aromatic nitrogens is 5. The molecule has 2 aromatic heterocycles. The third-order valence-corrected chi connectivity index (χ3v) is 4.23. The number of imidazole rings is 1. The van der Waals surface area contributed by atoms with E-state index in [1.54, 1.807) is 18.9 Å². The highest BCUT2D eigenvalue weighted by Gasteiger charge is 2.21. The Morgan fingerprint density at radius 3 is 2.79 bits per heavy atom. The van der Waals surface area contributed by atoms with E-state index in [0.29, 0.717) is 0 Å². The maximum absolute atomic E-state index is 5.85. The van der Waals surface area contributed by atoms with Gasteiger partial charge in [-0.15, -0.1) is 0 Å². The maximum atomic E-state index is 5.85. The molecule has 3 aromatic rings. The summed E-state index contributed by atoms with van der Waals surface area (Å²) >= 11 is 0. The van der Waals surface area contributed by atoms with E-state index >= 15 is 0 Å². The number of hydrogen-bond acceptors (Lipinski definition) is 5. The molecule has 24 heavy (non-hydrogen) atoms. The van der Waals surface area contributed by atoms with E-state index < -0.39 is 0 Å². The van der Waals surface area contributed by atoms with Crippen LogP contribution in [0.2, 0.25) is 0 Å². The highest BCUT2D eigenvalue weighted by molar-refractivity contribution is 5.34. The number of ether oxygens (including phenoxy) is 1. The van der Waals surface area contributed by atoms with Crippen LogP contribution >= 0.6 is 0 Å². The van der Waals surface area contributed by atoms with E-state index in [1.165, 1.54) is 5.56 Å². The molecule has 7 nitrogen and oxygen atoms in total. The van der Waals surface area contributed by atoms with Gasteiger partial charge >= 0.3 is 0 Å². The van der Waals surface area contributed by atoms with Crippen molar-refractivity contribution in [3.63, 3.8) is 0 Å². The molecule has 0 aliphatic carbocycles. The molecule has 1 aliphatic heterocycles. The molecule has 1 fully saturated rings. The monoisotopic (exact) mass is 324 g/mol. The van der Waals surface area contributed by atoms with Crippen LogP contribution < -0.4 is 0 Å². The van der Waals surface area contributed by atoms with Crippen molar-refractivity contribution in [1.29, 1.82) is 0 Å². The maximum Gasteiger partial charge on any atom is 0.137 e. The zero-order valence-electron chi connectivity index (χ0n) is 13.4. The first-order chi connectivity index (χ1) is 11.9. The molecule has 3 heterocycles. The number of hydrogen-bond donors (Lipinski definition) is 0. The Hall–Kier alpha value is -2.51. The Labute approximate surface area is 140 Å². The van der Waals surface area contributed by atoms with Crippen molar-refractivity contribution >= 4 is 0 Å². The van der Waals surface area contributed by atoms with Crippen LogP contribution in [0, 0.1) is 0 Å². The highest BCUT2D eigenvalue weighted by atomic mass is 16.5. The summed E-state index contributed by atoms with van der Waals surface area (Å²) in [5, 5.41) is 4.15. The van der Waals surface area contributed by atoms with Crippen LogP contribution in [0.1, 0.15) is 5.56 Å². The minimum absolute atomic E-state index is 0.158. The zero-order valence-corrected chi connectivity index (χ0v) is 13.4. The predicted octanol–water partition coefficient (Wildman–Crippen LogP) is 1.36. The lowest BCUT2D eigenvalue weighted by Gasteiger charge is -2.32. The molecule has 0 spiro atoms. The minimum atomic E-state index is 0.158. The fraction of sp³-hybridized carbons (Fsp3) is 0.353. The quantitative estimate of drug-likeness (QED) is 0.709. The van der Waals surface area contributed by atoms with Crippen molar-refractivity contribution in [2.75, 3.05) is 19.7 Å². The molecule has 4 rings (SSSR count). The van der Waals surface area contributed by atoms with Gasteiger partial charge in [0.15, 0.2) is 0 Å². The van der Waals surface area contributed by atoms with E-state index in [0.717, 1.165) is 38.5 Å². The summed E-state index contributed by atoms with van der Waals surface area (Å²) < 4.78 is 9.68. The lowest BCUT2D eigenvalue weighted by atomic mass is 10.1.